The van der Waals surface area contributed by atoms with Gasteiger partial charge in [0.25, 0.3) is 5.91 Å². The Hall–Kier alpha value is -2.39. The molecule has 6 nitrogen and oxygen atoms in total. The molecular weight excluding hydrogens is 372 g/mol. The lowest BCUT2D eigenvalue weighted by atomic mass is 10.2. The predicted octanol–water partition coefficient (Wildman–Crippen LogP) is 3.21. The molecule has 0 aliphatic rings. The molecule has 0 fully saturated rings. The van der Waals surface area contributed by atoms with Crippen molar-refractivity contribution < 1.29 is 13.6 Å². The lowest BCUT2D eigenvalue weighted by molar-refractivity contribution is 0.0980. The van der Waals surface area contributed by atoms with Crippen LogP contribution in [0.5, 0.6) is 0 Å². The second-order valence-electron chi connectivity index (χ2n) is 6.68. The lowest BCUT2D eigenvalue weighted by Gasteiger charge is -2.20. The first-order valence-corrected chi connectivity index (χ1v) is 9.30. The highest BCUT2D eigenvalue weighted by atomic mass is 32.1. The highest BCUT2D eigenvalue weighted by Crippen LogP contribution is 2.32. The van der Waals surface area contributed by atoms with Gasteiger partial charge < -0.3 is 4.90 Å². The summed E-state index contributed by atoms with van der Waals surface area (Å²) >= 11 is 1.09. The largest absolute Gasteiger partial charge is 0.309 e. The van der Waals surface area contributed by atoms with Crippen LogP contribution in [0.4, 0.5) is 13.9 Å². The first-order chi connectivity index (χ1) is 12.8. The predicted molar refractivity (Wildman–Crippen MR) is 102 cm³/mol. The smallest absolute Gasteiger partial charge is 0.280 e. The van der Waals surface area contributed by atoms with Crippen LogP contribution < -0.4 is 4.90 Å². The molecular formula is C18H21F2N5OS. The van der Waals surface area contributed by atoms with Crippen LogP contribution in [-0.2, 0) is 7.05 Å². The summed E-state index contributed by atoms with van der Waals surface area (Å²) < 4.78 is 29.5. The molecule has 0 saturated heterocycles. The normalized spacial score (nSPS) is 11.5. The van der Waals surface area contributed by atoms with E-state index in [1.165, 1.54) is 11.0 Å². The molecule has 1 amide bonds. The molecule has 144 valence electrons. The summed E-state index contributed by atoms with van der Waals surface area (Å²) in [6.07, 6.45) is 2.47. The van der Waals surface area contributed by atoms with Crippen LogP contribution in [0.1, 0.15) is 22.5 Å². The number of carbonyl (C=O) groups excluding carboxylic acids is 1. The Morgan fingerprint density at radius 2 is 2.00 bits per heavy atom. The zero-order chi connectivity index (χ0) is 19.7. The van der Waals surface area contributed by atoms with Crippen molar-refractivity contribution in [1.29, 1.82) is 0 Å². The van der Waals surface area contributed by atoms with E-state index in [-0.39, 0.29) is 11.4 Å². The van der Waals surface area contributed by atoms with E-state index in [1.54, 1.807) is 17.9 Å². The van der Waals surface area contributed by atoms with Crippen LogP contribution >= 0.6 is 11.3 Å². The second-order valence-corrected chi connectivity index (χ2v) is 7.69. The average molecular weight is 393 g/mol. The van der Waals surface area contributed by atoms with E-state index in [2.05, 4.69) is 10.1 Å². The molecule has 27 heavy (non-hydrogen) atoms. The monoisotopic (exact) mass is 393 g/mol. The molecule has 1 aromatic carbocycles. The number of rotatable bonds is 6. The van der Waals surface area contributed by atoms with E-state index in [4.69, 9.17) is 0 Å². The number of carbonyl (C=O) groups is 1. The maximum absolute atomic E-state index is 14.1. The van der Waals surface area contributed by atoms with E-state index in [0.717, 1.165) is 29.5 Å². The number of amides is 1. The zero-order valence-electron chi connectivity index (χ0n) is 15.7. The topological polar surface area (TPSA) is 54.3 Å². The maximum atomic E-state index is 14.1. The van der Waals surface area contributed by atoms with Crippen molar-refractivity contribution in [1.82, 2.24) is 19.7 Å². The summed E-state index contributed by atoms with van der Waals surface area (Å²) in [6.45, 7) is 2.99. The number of aromatic nitrogens is 3. The van der Waals surface area contributed by atoms with Crippen LogP contribution in [0.3, 0.4) is 0 Å². The van der Waals surface area contributed by atoms with Gasteiger partial charge in [0.15, 0.2) is 16.6 Å². The van der Waals surface area contributed by atoms with E-state index in [1.807, 2.05) is 25.9 Å². The van der Waals surface area contributed by atoms with Gasteiger partial charge in [0.05, 0.1) is 4.70 Å². The summed E-state index contributed by atoms with van der Waals surface area (Å²) in [4.78, 5) is 20.9. The number of halogens is 2. The van der Waals surface area contributed by atoms with Crippen LogP contribution in [0, 0.1) is 18.6 Å². The van der Waals surface area contributed by atoms with Crippen LogP contribution in [-0.4, -0.2) is 52.8 Å². The van der Waals surface area contributed by atoms with Gasteiger partial charge in [0.1, 0.15) is 11.3 Å². The summed E-state index contributed by atoms with van der Waals surface area (Å²) in [7, 11) is 5.64. The number of anilines is 1. The highest BCUT2D eigenvalue weighted by molar-refractivity contribution is 7.22. The lowest BCUT2D eigenvalue weighted by Crippen LogP contribution is -2.34. The van der Waals surface area contributed by atoms with Gasteiger partial charge >= 0.3 is 0 Å². The maximum Gasteiger partial charge on any atom is 0.280 e. The van der Waals surface area contributed by atoms with E-state index < -0.39 is 11.6 Å². The standard InChI is InChI=1S/C18H21F2N5OS/c1-11-10-24(4)22-15(11)17(26)25(7-5-6-23(2)3)18-21-16-13(20)8-12(19)9-14(16)27-18/h8-10H,5-7H2,1-4H3. The quantitative estimate of drug-likeness (QED) is 0.645. The first kappa shape index (κ1) is 19.4. The van der Waals surface area contributed by atoms with Gasteiger partial charge in [-0.05, 0) is 40.1 Å². The molecule has 0 N–H and O–H groups in total. The number of benzene rings is 1. The molecule has 0 saturated carbocycles. The number of thiazole rings is 1. The summed E-state index contributed by atoms with van der Waals surface area (Å²) in [5, 5.41) is 4.58. The fourth-order valence-electron chi connectivity index (χ4n) is 2.84. The third-order valence-corrected chi connectivity index (χ3v) is 5.10. The molecule has 0 spiro atoms. The van der Waals surface area contributed by atoms with Crippen molar-refractivity contribution in [2.75, 3.05) is 32.1 Å². The average Bonchev–Trinajstić information content (AvgIpc) is 3.13. The van der Waals surface area contributed by atoms with Gasteiger partial charge in [-0.1, -0.05) is 11.3 Å². The van der Waals surface area contributed by atoms with Crippen molar-refractivity contribution in [3.8, 4) is 0 Å². The van der Waals surface area contributed by atoms with Gasteiger partial charge in [-0.3, -0.25) is 14.4 Å². The van der Waals surface area contributed by atoms with Crippen LogP contribution in [0.15, 0.2) is 18.3 Å². The SMILES string of the molecule is Cc1cn(C)nc1C(=O)N(CCCN(C)C)c1nc2c(F)cc(F)cc2s1. The summed E-state index contributed by atoms with van der Waals surface area (Å²) in [6, 6.07) is 2.03. The molecule has 0 aliphatic carbocycles. The molecule has 9 heteroatoms. The molecule has 2 aromatic heterocycles. The fourth-order valence-corrected chi connectivity index (χ4v) is 3.87. The number of hydrogen-bond donors (Lipinski definition) is 0. The Labute approximate surface area is 160 Å². The van der Waals surface area contributed by atoms with Gasteiger partial charge in [0.2, 0.25) is 0 Å². The number of hydrogen-bond acceptors (Lipinski definition) is 5. The third kappa shape index (κ3) is 4.14. The number of nitrogens with zero attached hydrogens (tertiary/aromatic N) is 5. The van der Waals surface area contributed by atoms with Crippen molar-refractivity contribution >= 4 is 32.6 Å². The highest BCUT2D eigenvalue weighted by Gasteiger charge is 2.25. The molecule has 0 radical (unpaired) electrons. The van der Waals surface area contributed by atoms with Crippen molar-refractivity contribution in [3.63, 3.8) is 0 Å². The van der Waals surface area contributed by atoms with Crippen molar-refractivity contribution in [3.05, 3.63) is 41.2 Å². The Kier molecular flexibility index (Phi) is 5.52. The van der Waals surface area contributed by atoms with Gasteiger partial charge in [-0.15, -0.1) is 0 Å². The van der Waals surface area contributed by atoms with E-state index in [9.17, 15) is 13.6 Å². The third-order valence-electron chi connectivity index (χ3n) is 4.08. The van der Waals surface area contributed by atoms with E-state index >= 15 is 0 Å². The van der Waals surface area contributed by atoms with Gasteiger partial charge in [-0.2, -0.15) is 5.10 Å². The summed E-state index contributed by atoms with van der Waals surface area (Å²) in [5.74, 6) is -1.70. The van der Waals surface area contributed by atoms with Crippen LogP contribution in [0.25, 0.3) is 10.2 Å². The fraction of sp³-hybridized carbons (Fsp3) is 0.389. The van der Waals surface area contributed by atoms with Gasteiger partial charge in [-0.25, -0.2) is 13.8 Å². The molecule has 0 atom stereocenters. The Morgan fingerprint density at radius 1 is 1.26 bits per heavy atom. The molecule has 0 unspecified atom stereocenters. The molecule has 0 bridgehead atoms. The molecule has 3 rings (SSSR count). The second kappa shape index (κ2) is 7.69. The molecule has 2 heterocycles. The number of aryl methyl sites for hydroxylation is 2. The number of fused-ring (bicyclic) bond motifs is 1. The first-order valence-electron chi connectivity index (χ1n) is 8.48. The van der Waals surface area contributed by atoms with Gasteiger partial charge in [0, 0.05) is 31.4 Å². The minimum atomic E-state index is -0.734. The summed E-state index contributed by atoms with van der Waals surface area (Å²) in [5.41, 5.74) is 1.14. The Morgan fingerprint density at radius 3 is 2.63 bits per heavy atom. The minimum Gasteiger partial charge on any atom is -0.309 e. The Balaban J connectivity index is 2.00. The zero-order valence-corrected chi connectivity index (χ0v) is 16.5. The van der Waals surface area contributed by atoms with Crippen molar-refractivity contribution in [2.24, 2.45) is 7.05 Å². The van der Waals surface area contributed by atoms with Crippen molar-refractivity contribution in [2.45, 2.75) is 13.3 Å². The molecule has 3 aromatic rings. The molecule has 0 aliphatic heterocycles. The van der Waals surface area contributed by atoms with E-state index in [0.29, 0.717) is 28.5 Å². The van der Waals surface area contributed by atoms with Crippen LogP contribution in [0.2, 0.25) is 0 Å². The Bertz CT molecular complexity index is 982. The minimum absolute atomic E-state index is 0.0690.